The zero-order valence-electron chi connectivity index (χ0n) is 18.8. The Hall–Kier alpha value is -0.120. The largest absolute Gasteiger partial charge is 0.315 e. The van der Waals surface area contributed by atoms with Crippen LogP contribution >= 0.6 is 0 Å². The summed E-state index contributed by atoms with van der Waals surface area (Å²) >= 11 is 0. The quantitative estimate of drug-likeness (QED) is 0.268. The van der Waals surface area contributed by atoms with E-state index in [1.54, 1.807) is 0 Å². The molecule has 0 aliphatic heterocycles. The minimum Gasteiger partial charge on any atom is -0.315 e. The summed E-state index contributed by atoms with van der Waals surface area (Å²) in [7, 11) is 4.49. The van der Waals surface area contributed by atoms with Crippen LogP contribution in [0.5, 0.6) is 0 Å². The van der Waals surface area contributed by atoms with Gasteiger partial charge in [0.1, 0.15) is 0 Å². The molecule has 0 amide bonds. The number of likely N-dealkylation sites (N-methyl/N-ethyl adjacent to an activating group) is 2. The third kappa shape index (κ3) is 20.2. The SMILES string of the molecule is CCCCCCCCCCCCCNCCN(C)CCN(C)CCCC. The van der Waals surface area contributed by atoms with Crippen LogP contribution in [0, 0.1) is 0 Å². The maximum Gasteiger partial charge on any atom is 0.0107 e. The van der Waals surface area contributed by atoms with Crippen LogP contribution in [0.15, 0.2) is 0 Å². The van der Waals surface area contributed by atoms with Crippen molar-refractivity contribution in [2.24, 2.45) is 0 Å². The molecule has 0 saturated heterocycles. The van der Waals surface area contributed by atoms with Crippen LogP contribution in [0.4, 0.5) is 0 Å². The first kappa shape index (κ1) is 25.9. The zero-order valence-corrected chi connectivity index (χ0v) is 18.8. The van der Waals surface area contributed by atoms with Crippen molar-refractivity contribution in [3.8, 4) is 0 Å². The van der Waals surface area contributed by atoms with Gasteiger partial charge < -0.3 is 15.1 Å². The predicted molar refractivity (Wildman–Crippen MR) is 119 cm³/mol. The lowest BCUT2D eigenvalue weighted by Gasteiger charge is -2.22. The van der Waals surface area contributed by atoms with Crippen LogP contribution in [-0.4, -0.2) is 63.2 Å². The molecule has 3 heteroatoms. The van der Waals surface area contributed by atoms with E-state index in [9.17, 15) is 0 Å². The lowest BCUT2D eigenvalue weighted by atomic mass is 10.1. The fourth-order valence-corrected chi connectivity index (χ4v) is 3.30. The molecule has 0 aromatic heterocycles. The van der Waals surface area contributed by atoms with Crippen LogP contribution in [0.2, 0.25) is 0 Å². The molecule has 0 heterocycles. The molecule has 26 heavy (non-hydrogen) atoms. The second-order valence-electron chi connectivity index (χ2n) is 8.25. The standard InChI is InChI=1S/C23H51N3/c1-5-7-9-10-11-12-13-14-15-16-17-18-24-19-21-26(4)23-22-25(3)20-8-6-2/h24H,5-23H2,1-4H3. The summed E-state index contributed by atoms with van der Waals surface area (Å²) in [6.07, 6.45) is 18.3. The van der Waals surface area contributed by atoms with Gasteiger partial charge in [-0.25, -0.2) is 0 Å². The molecule has 0 aromatic carbocycles. The third-order valence-corrected chi connectivity index (χ3v) is 5.38. The summed E-state index contributed by atoms with van der Waals surface area (Å²) in [6, 6.07) is 0. The van der Waals surface area contributed by atoms with Gasteiger partial charge in [0, 0.05) is 26.2 Å². The van der Waals surface area contributed by atoms with E-state index in [1.165, 1.54) is 116 Å². The Morgan fingerprint density at radius 2 is 0.923 bits per heavy atom. The van der Waals surface area contributed by atoms with E-state index in [-0.39, 0.29) is 0 Å². The van der Waals surface area contributed by atoms with Gasteiger partial charge in [-0.2, -0.15) is 0 Å². The van der Waals surface area contributed by atoms with Gasteiger partial charge >= 0.3 is 0 Å². The normalized spacial score (nSPS) is 11.8. The van der Waals surface area contributed by atoms with Crippen molar-refractivity contribution in [1.29, 1.82) is 0 Å². The van der Waals surface area contributed by atoms with Gasteiger partial charge in [0.25, 0.3) is 0 Å². The zero-order chi connectivity index (χ0) is 19.3. The maximum absolute atomic E-state index is 3.61. The number of nitrogens with one attached hydrogen (secondary N) is 1. The summed E-state index contributed by atoms with van der Waals surface area (Å²) in [5.74, 6) is 0. The van der Waals surface area contributed by atoms with Crippen molar-refractivity contribution in [3.05, 3.63) is 0 Å². The second kappa shape index (κ2) is 21.2. The molecule has 0 aliphatic rings. The van der Waals surface area contributed by atoms with E-state index in [0.717, 1.165) is 6.54 Å². The molecule has 0 atom stereocenters. The average molecular weight is 370 g/mol. The Labute approximate surface area is 166 Å². The minimum absolute atomic E-state index is 1.13. The molecular formula is C23H51N3. The third-order valence-electron chi connectivity index (χ3n) is 5.38. The lowest BCUT2D eigenvalue weighted by Crippen LogP contribution is -2.35. The van der Waals surface area contributed by atoms with Crippen molar-refractivity contribution >= 4 is 0 Å². The van der Waals surface area contributed by atoms with Gasteiger partial charge in [0.05, 0.1) is 0 Å². The molecule has 1 N–H and O–H groups in total. The molecule has 0 fully saturated rings. The Kier molecular flexibility index (Phi) is 21.1. The van der Waals surface area contributed by atoms with Crippen LogP contribution < -0.4 is 5.32 Å². The van der Waals surface area contributed by atoms with Crippen molar-refractivity contribution in [2.45, 2.75) is 97.3 Å². The smallest absolute Gasteiger partial charge is 0.0107 e. The van der Waals surface area contributed by atoms with E-state index in [0.29, 0.717) is 0 Å². The average Bonchev–Trinajstić information content (AvgIpc) is 2.64. The summed E-state index contributed by atoms with van der Waals surface area (Å²) in [5.41, 5.74) is 0. The monoisotopic (exact) mass is 369 g/mol. The molecule has 0 aromatic rings. The van der Waals surface area contributed by atoms with Crippen LogP contribution in [0.3, 0.4) is 0 Å². The first-order valence-electron chi connectivity index (χ1n) is 11.8. The van der Waals surface area contributed by atoms with E-state index in [1.807, 2.05) is 0 Å². The lowest BCUT2D eigenvalue weighted by molar-refractivity contribution is 0.254. The van der Waals surface area contributed by atoms with Crippen LogP contribution in [-0.2, 0) is 0 Å². The number of hydrogen-bond donors (Lipinski definition) is 1. The van der Waals surface area contributed by atoms with Crippen molar-refractivity contribution in [3.63, 3.8) is 0 Å². The number of unbranched alkanes of at least 4 members (excludes halogenated alkanes) is 11. The number of rotatable bonds is 21. The highest BCUT2D eigenvalue weighted by Gasteiger charge is 2.01. The summed E-state index contributed by atoms with van der Waals surface area (Å²) < 4.78 is 0. The van der Waals surface area contributed by atoms with E-state index in [4.69, 9.17) is 0 Å². The Bertz CT molecular complexity index is 258. The minimum atomic E-state index is 1.13. The Balaban J connectivity index is 3.18. The Morgan fingerprint density at radius 1 is 0.462 bits per heavy atom. The predicted octanol–water partition coefficient (Wildman–Crippen LogP) is 5.55. The van der Waals surface area contributed by atoms with Gasteiger partial charge in [-0.3, -0.25) is 0 Å². The summed E-state index contributed by atoms with van der Waals surface area (Å²) in [6.45, 7) is 11.7. The number of hydrogen-bond acceptors (Lipinski definition) is 3. The highest BCUT2D eigenvalue weighted by Crippen LogP contribution is 2.10. The molecule has 0 unspecified atom stereocenters. The molecule has 3 nitrogen and oxygen atoms in total. The van der Waals surface area contributed by atoms with Crippen LogP contribution in [0.1, 0.15) is 97.3 Å². The molecular weight excluding hydrogens is 318 g/mol. The molecule has 0 radical (unpaired) electrons. The molecule has 0 saturated carbocycles. The number of nitrogens with zero attached hydrogens (tertiary/aromatic N) is 2. The maximum atomic E-state index is 3.61. The molecule has 0 aliphatic carbocycles. The first-order chi connectivity index (χ1) is 12.7. The van der Waals surface area contributed by atoms with Crippen LogP contribution in [0.25, 0.3) is 0 Å². The molecule has 0 rings (SSSR count). The van der Waals surface area contributed by atoms with Crippen molar-refractivity contribution in [1.82, 2.24) is 15.1 Å². The molecule has 158 valence electrons. The second-order valence-corrected chi connectivity index (χ2v) is 8.25. The van der Waals surface area contributed by atoms with E-state index in [2.05, 4.69) is 43.1 Å². The summed E-state index contributed by atoms with van der Waals surface area (Å²) in [5, 5.41) is 3.61. The van der Waals surface area contributed by atoms with E-state index < -0.39 is 0 Å². The van der Waals surface area contributed by atoms with Gasteiger partial charge in [-0.1, -0.05) is 84.5 Å². The first-order valence-corrected chi connectivity index (χ1v) is 11.8. The highest BCUT2D eigenvalue weighted by atomic mass is 15.2. The van der Waals surface area contributed by atoms with Gasteiger partial charge in [0.2, 0.25) is 0 Å². The van der Waals surface area contributed by atoms with Gasteiger partial charge in [0.15, 0.2) is 0 Å². The fourth-order valence-electron chi connectivity index (χ4n) is 3.30. The van der Waals surface area contributed by atoms with Gasteiger partial charge in [-0.05, 0) is 40.0 Å². The summed E-state index contributed by atoms with van der Waals surface area (Å²) in [4.78, 5) is 4.91. The molecule has 0 bridgehead atoms. The van der Waals surface area contributed by atoms with Crippen molar-refractivity contribution < 1.29 is 0 Å². The van der Waals surface area contributed by atoms with E-state index >= 15 is 0 Å². The fraction of sp³-hybridized carbons (Fsp3) is 1.00. The molecule has 0 spiro atoms. The van der Waals surface area contributed by atoms with Crippen molar-refractivity contribution in [2.75, 3.05) is 53.4 Å². The van der Waals surface area contributed by atoms with Gasteiger partial charge in [-0.15, -0.1) is 0 Å². The highest BCUT2D eigenvalue weighted by molar-refractivity contribution is 4.59. The topological polar surface area (TPSA) is 18.5 Å². The Morgan fingerprint density at radius 3 is 1.46 bits per heavy atom.